The van der Waals surface area contributed by atoms with E-state index in [-0.39, 0.29) is 23.3 Å². The van der Waals surface area contributed by atoms with Crippen LogP contribution in [0.25, 0.3) is 0 Å². The quantitative estimate of drug-likeness (QED) is 0.0921. The molecule has 0 bridgehead atoms. The molecule has 5 rings (SSSR count). The van der Waals surface area contributed by atoms with E-state index < -0.39 is 0 Å². The Balaban J connectivity index is 1.65. The topological polar surface area (TPSA) is 40.5 Å². The molecular formula is C48H50O2. The number of allylic oxidation sites excluding steroid dienone is 4. The Morgan fingerprint density at radius 3 is 1.08 bits per heavy atom. The zero-order valence-corrected chi connectivity index (χ0v) is 30.1. The molecule has 0 spiro atoms. The summed E-state index contributed by atoms with van der Waals surface area (Å²) in [5.41, 5.74) is 15.4. The van der Waals surface area contributed by atoms with Gasteiger partial charge in [-0.05, 0) is 121 Å². The molecule has 0 amide bonds. The third-order valence-corrected chi connectivity index (χ3v) is 9.04. The molecule has 0 aromatic heterocycles. The van der Waals surface area contributed by atoms with E-state index >= 15 is 0 Å². The lowest BCUT2D eigenvalue weighted by molar-refractivity contribution is 0.469. The third-order valence-electron chi connectivity index (χ3n) is 9.04. The van der Waals surface area contributed by atoms with Gasteiger partial charge in [-0.2, -0.15) is 0 Å². The first kappa shape index (κ1) is 36.0. The summed E-state index contributed by atoms with van der Waals surface area (Å²) in [6, 6.07) is 38.5. The van der Waals surface area contributed by atoms with E-state index in [0.717, 1.165) is 63.0 Å². The molecule has 2 nitrogen and oxygen atoms in total. The largest absolute Gasteiger partial charge is 0.508 e. The summed E-state index contributed by atoms with van der Waals surface area (Å²) < 4.78 is 0. The van der Waals surface area contributed by atoms with Gasteiger partial charge >= 0.3 is 0 Å². The van der Waals surface area contributed by atoms with Gasteiger partial charge < -0.3 is 10.2 Å². The van der Waals surface area contributed by atoms with Gasteiger partial charge in [0, 0.05) is 11.8 Å². The van der Waals surface area contributed by atoms with E-state index in [4.69, 9.17) is 0 Å². The summed E-state index contributed by atoms with van der Waals surface area (Å²) >= 11 is 0. The van der Waals surface area contributed by atoms with E-state index in [0.29, 0.717) is 12.8 Å². The first-order valence-corrected chi connectivity index (χ1v) is 17.4. The van der Waals surface area contributed by atoms with Gasteiger partial charge in [-0.15, -0.1) is 0 Å². The monoisotopic (exact) mass is 658 g/mol. The van der Waals surface area contributed by atoms with Crippen molar-refractivity contribution in [3.05, 3.63) is 213 Å². The molecule has 0 atom stereocenters. The molecule has 50 heavy (non-hydrogen) atoms. The number of phenols is 2. The van der Waals surface area contributed by atoms with Crippen LogP contribution < -0.4 is 0 Å². The van der Waals surface area contributed by atoms with Crippen molar-refractivity contribution in [1.29, 1.82) is 0 Å². The zero-order valence-electron chi connectivity index (χ0n) is 30.1. The van der Waals surface area contributed by atoms with Crippen LogP contribution in [0, 0.1) is 0 Å². The van der Waals surface area contributed by atoms with Crippen molar-refractivity contribution >= 4 is 0 Å². The molecule has 0 radical (unpaired) electrons. The van der Waals surface area contributed by atoms with Gasteiger partial charge in [0.25, 0.3) is 0 Å². The second-order valence-electron chi connectivity index (χ2n) is 14.3. The van der Waals surface area contributed by atoms with E-state index in [2.05, 4.69) is 125 Å². The Bertz CT molecular complexity index is 1920. The van der Waals surface area contributed by atoms with E-state index in [1.165, 1.54) is 27.8 Å². The number of hydrogen-bond donors (Lipinski definition) is 2. The van der Waals surface area contributed by atoms with Gasteiger partial charge in [-0.3, -0.25) is 0 Å². The van der Waals surface area contributed by atoms with Gasteiger partial charge in [-0.1, -0.05) is 146 Å². The van der Waals surface area contributed by atoms with Crippen LogP contribution >= 0.6 is 0 Å². The summed E-state index contributed by atoms with van der Waals surface area (Å²) in [5, 5.41) is 21.5. The van der Waals surface area contributed by atoms with Crippen LogP contribution in [0.15, 0.2) is 158 Å². The van der Waals surface area contributed by atoms with Crippen LogP contribution in [0.5, 0.6) is 11.5 Å². The highest BCUT2D eigenvalue weighted by Crippen LogP contribution is 2.39. The summed E-state index contributed by atoms with van der Waals surface area (Å²) in [6.07, 6.45) is 2.88. The maximum atomic E-state index is 10.7. The molecule has 0 fully saturated rings. The Morgan fingerprint density at radius 2 is 0.740 bits per heavy atom. The van der Waals surface area contributed by atoms with Crippen molar-refractivity contribution in [3.8, 4) is 11.5 Å². The molecular weight excluding hydrogens is 609 g/mol. The summed E-state index contributed by atoms with van der Waals surface area (Å²) in [4.78, 5) is 0. The van der Waals surface area contributed by atoms with E-state index in [9.17, 15) is 10.2 Å². The Hall–Kier alpha value is -5.34. The number of hydrogen-bond acceptors (Lipinski definition) is 2. The van der Waals surface area contributed by atoms with Crippen LogP contribution in [0.2, 0.25) is 0 Å². The fourth-order valence-electron chi connectivity index (χ4n) is 7.00. The molecule has 0 heterocycles. The van der Waals surface area contributed by atoms with Crippen LogP contribution in [-0.2, 0) is 25.7 Å². The number of benzene rings is 5. The summed E-state index contributed by atoms with van der Waals surface area (Å²) in [7, 11) is 0. The maximum Gasteiger partial charge on any atom is 0.119 e. The molecule has 0 saturated carbocycles. The van der Waals surface area contributed by atoms with Gasteiger partial charge in [0.2, 0.25) is 0 Å². The molecule has 254 valence electrons. The summed E-state index contributed by atoms with van der Waals surface area (Å²) in [5.74, 6) is 0.439. The van der Waals surface area contributed by atoms with Crippen molar-refractivity contribution in [2.45, 2.75) is 65.2 Å². The number of rotatable bonds is 14. The van der Waals surface area contributed by atoms with Crippen LogP contribution in [0.4, 0.5) is 0 Å². The molecule has 2 N–H and O–H groups in total. The highest BCUT2D eigenvalue weighted by Gasteiger charge is 2.23. The molecule has 5 aromatic rings. The minimum Gasteiger partial charge on any atom is -0.508 e. The lowest BCUT2D eigenvalue weighted by Crippen LogP contribution is -2.08. The van der Waals surface area contributed by atoms with E-state index in [1.54, 1.807) is 12.1 Å². The Morgan fingerprint density at radius 1 is 0.420 bits per heavy atom. The first-order valence-electron chi connectivity index (χ1n) is 17.4. The molecule has 0 unspecified atom stereocenters. The molecule has 5 aromatic carbocycles. The van der Waals surface area contributed by atoms with Crippen LogP contribution in [-0.4, -0.2) is 10.2 Å². The maximum absolute atomic E-state index is 10.7. The van der Waals surface area contributed by atoms with Crippen molar-refractivity contribution in [2.24, 2.45) is 0 Å². The normalized spacial score (nSPS) is 11.2. The van der Waals surface area contributed by atoms with Crippen molar-refractivity contribution in [3.63, 3.8) is 0 Å². The Kier molecular flexibility index (Phi) is 11.4. The minimum atomic E-state index is -0.130. The first-order chi connectivity index (χ1) is 23.9. The molecule has 0 aliphatic rings. The fourth-order valence-corrected chi connectivity index (χ4v) is 7.00. The predicted octanol–water partition coefficient (Wildman–Crippen LogP) is 11.9. The number of aromatic hydroxyl groups is 2. The van der Waals surface area contributed by atoms with Crippen LogP contribution in [0.1, 0.15) is 95.2 Å². The van der Waals surface area contributed by atoms with Gasteiger partial charge in [0.1, 0.15) is 11.5 Å². The Labute approximate surface area is 299 Å². The number of phenolic OH excluding ortho intramolecular Hbond substituents is 2. The molecule has 0 aliphatic carbocycles. The van der Waals surface area contributed by atoms with E-state index in [1.807, 2.05) is 26.0 Å². The highest BCUT2D eigenvalue weighted by atomic mass is 16.3. The van der Waals surface area contributed by atoms with Gasteiger partial charge in [-0.25, -0.2) is 0 Å². The summed E-state index contributed by atoms with van der Waals surface area (Å²) in [6.45, 7) is 24.6. The molecule has 0 saturated heterocycles. The lowest BCUT2D eigenvalue weighted by atomic mass is 9.80. The zero-order chi connectivity index (χ0) is 35.9. The second-order valence-corrected chi connectivity index (χ2v) is 14.3. The smallest absolute Gasteiger partial charge is 0.119 e. The standard InChI is InChI=1S/C48H50O2/c1-31(2)23-35-11-9-13-39(27-35)47(40-14-10-12-36(28-40)24-32(3)4)37-15-17-38(18-16-37)48(41-19-21-45(49)43(29-41)25-33(5)6)42-20-22-46(50)44(30-42)26-34(7)8/h9-22,27-30,47-50H,1,3,5,7,23-26H2,2,4,6,8H3. The highest BCUT2D eigenvalue weighted by molar-refractivity contribution is 5.53. The average molecular weight is 659 g/mol. The van der Waals surface area contributed by atoms with Crippen molar-refractivity contribution in [1.82, 2.24) is 0 Å². The predicted molar refractivity (Wildman–Crippen MR) is 212 cm³/mol. The average Bonchev–Trinajstić information content (AvgIpc) is 3.04. The fraction of sp³-hybridized carbons (Fsp3) is 0.208. The lowest BCUT2D eigenvalue weighted by Gasteiger charge is -2.24. The molecule has 2 heteroatoms. The third kappa shape index (κ3) is 9.01. The second kappa shape index (κ2) is 15.9. The van der Waals surface area contributed by atoms with Crippen LogP contribution in [0.3, 0.4) is 0 Å². The van der Waals surface area contributed by atoms with Crippen molar-refractivity contribution in [2.75, 3.05) is 0 Å². The van der Waals surface area contributed by atoms with Gasteiger partial charge in [0.15, 0.2) is 0 Å². The van der Waals surface area contributed by atoms with Crippen molar-refractivity contribution < 1.29 is 10.2 Å². The van der Waals surface area contributed by atoms with Gasteiger partial charge in [0.05, 0.1) is 0 Å². The molecule has 0 aliphatic heterocycles. The SMILES string of the molecule is C=C(C)Cc1cccc(C(c2ccc(C(c3ccc(O)c(CC(=C)C)c3)c3ccc(O)c(CC(=C)C)c3)cc2)c2cccc(CC(=C)C)c2)c1. The minimum absolute atomic E-state index is 0.0318.